The number of rotatable bonds is 5. The molecule has 3 aromatic heterocycles. The van der Waals surface area contributed by atoms with Crippen LogP contribution in [0.2, 0.25) is 0 Å². The molecule has 3 heterocycles. The first kappa shape index (κ1) is 17.1. The highest BCUT2D eigenvalue weighted by Gasteiger charge is 2.24. The van der Waals surface area contributed by atoms with Crippen molar-refractivity contribution in [1.82, 2.24) is 25.4 Å². The number of nitrogens with zero attached hydrogens (tertiary/aromatic N) is 4. The smallest absolute Gasteiger partial charge is 0.257 e. The second-order valence-electron chi connectivity index (χ2n) is 6.39. The topological polar surface area (TPSA) is 103 Å². The highest BCUT2D eigenvalue weighted by molar-refractivity contribution is 5.96. The van der Waals surface area contributed by atoms with Crippen LogP contribution < -0.4 is 10.1 Å². The Morgan fingerprint density at radius 2 is 2.07 bits per heavy atom. The van der Waals surface area contributed by atoms with E-state index in [2.05, 4.69) is 25.4 Å². The standard InChI is InChI=1S/C19H19N5O3/c1-11(18-23-16(24-27-18)12-6-8-20-9-7-12)21-17(25)14-10-13-4-3-5-15(13)22-19(14)26-2/h6-11H,3-5H2,1-2H3,(H,21,25). The fraction of sp³-hybridized carbons (Fsp3) is 0.316. The highest BCUT2D eigenvalue weighted by Crippen LogP contribution is 2.27. The molecule has 0 fully saturated rings. The number of fused-ring (bicyclic) bond motifs is 1. The van der Waals surface area contributed by atoms with Crippen LogP contribution in [0, 0.1) is 0 Å². The van der Waals surface area contributed by atoms with Crippen molar-refractivity contribution in [3.63, 3.8) is 0 Å². The molecule has 1 aliphatic rings. The zero-order valence-corrected chi connectivity index (χ0v) is 15.1. The summed E-state index contributed by atoms with van der Waals surface area (Å²) >= 11 is 0. The maximum Gasteiger partial charge on any atom is 0.257 e. The van der Waals surface area contributed by atoms with Gasteiger partial charge in [0.25, 0.3) is 5.91 Å². The molecule has 1 amide bonds. The van der Waals surface area contributed by atoms with E-state index in [0.29, 0.717) is 23.2 Å². The second-order valence-corrected chi connectivity index (χ2v) is 6.39. The first-order chi connectivity index (χ1) is 13.2. The van der Waals surface area contributed by atoms with Crippen molar-refractivity contribution >= 4 is 5.91 Å². The summed E-state index contributed by atoms with van der Waals surface area (Å²) in [5.74, 6) is 0.821. The minimum Gasteiger partial charge on any atom is -0.480 e. The van der Waals surface area contributed by atoms with Crippen molar-refractivity contribution in [3.05, 3.63) is 53.3 Å². The molecule has 1 atom stereocenters. The minimum atomic E-state index is -0.460. The summed E-state index contributed by atoms with van der Waals surface area (Å²) in [7, 11) is 1.52. The third-order valence-corrected chi connectivity index (χ3v) is 4.55. The number of pyridine rings is 2. The van der Waals surface area contributed by atoms with E-state index in [4.69, 9.17) is 9.26 Å². The van der Waals surface area contributed by atoms with E-state index in [9.17, 15) is 4.79 Å². The Bertz CT molecular complexity index is 971. The SMILES string of the molecule is COc1nc2c(cc1C(=O)NC(C)c1nc(-c3ccncc3)no1)CCC2. The summed E-state index contributed by atoms with van der Waals surface area (Å²) in [6, 6.07) is 4.99. The predicted molar refractivity (Wildman–Crippen MR) is 96.2 cm³/mol. The van der Waals surface area contributed by atoms with Crippen molar-refractivity contribution in [2.75, 3.05) is 7.11 Å². The fourth-order valence-corrected chi connectivity index (χ4v) is 3.14. The van der Waals surface area contributed by atoms with Crippen LogP contribution in [-0.4, -0.2) is 33.1 Å². The van der Waals surface area contributed by atoms with Gasteiger partial charge in [-0.25, -0.2) is 4.98 Å². The van der Waals surface area contributed by atoms with E-state index in [1.54, 1.807) is 31.5 Å². The van der Waals surface area contributed by atoms with Gasteiger partial charge in [0.1, 0.15) is 11.6 Å². The van der Waals surface area contributed by atoms with Gasteiger partial charge in [-0.05, 0) is 49.9 Å². The molecule has 138 valence electrons. The van der Waals surface area contributed by atoms with Crippen molar-refractivity contribution in [2.24, 2.45) is 0 Å². The van der Waals surface area contributed by atoms with Gasteiger partial charge in [0.2, 0.25) is 17.6 Å². The Labute approximate surface area is 156 Å². The van der Waals surface area contributed by atoms with E-state index in [-0.39, 0.29) is 5.91 Å². The van der Waals surface area contributed by atoms with Gasteiger partial charge >= 0.3 is 0 Å². The normalized spacial score (nSPS) is 13.9. The molecule has 0 bridgehead atoms. The molecule has 3 aromatic rings. The lowest BCUT2D eigenvalue weighted by Gasteiger charge is -2.13. The summed E-state index contributed by atoms with van der Waals surface area (Å²) in [6.07, 6.45) is 6.21. The van der Waals surface area contributed by atoms with Gasteiger partial charge < -0.3 is 14.6 Å². The van der Waals surface area contributed by atoms with Crippen LogP contribution in [-0.2, 0) is 12.8 Å². The molecule has 0 spiro atoms. The number of hydrogen-bond acceptors (Lipinski definition) is 7. The Balaban J connectivity index is 1.53. The van der Waals surface area contributed by atoms with Crippen molar-refractivity contribution in [2.45, 2.75) is 32.2 Å². The number of amides is 1. The van der Waals surface area contributed by atoms with Crippen LogP contribution in [0.1, 0.15) is 46.9 Å². The summed E-state index contributed by atoms with van der Waals surface area (Å²) in [6.45, 7) is 1.79. The summed E-state index contributed by atoms with van der Waals surface area (Å²) in [5.41, 5.74) is 3.32. The molecule has 0 saturated heterocycles. The summed E-state index contributed by atoms with van der Waals surface area (Å²) in [4.78, 5) is 25.6. The van der Waals surface area contributed by atoms with Crippen LogP contribution in [0.15, 0.2) is 35.1 Å². The number of hydrogen-bond donors (Lipinski definition) is 1. The number of methoxy groups -OCH3 is 1. The number of aromatic nitrogens is 4. The molecule has 4 rings (SSSR count). The molecule has 8 nitrogen and oxygen atoms in total. The molecule has 0 aliphatic heterocycles. The maximum absolute atomic E-state index is 12.8. The first-order valence-corrected chi connectivity index (χ1v) is 8.77. The summed E-state index contributed by atoms with van der Waals surface area (Å²) < 4.78 is 10.6. The molecule has 1 aliphatic carbocycles. The van der Waals surface area contributed by atoms with Gasteiger partial charge in [-0.1, -0.05) is 5.16 Å². The molecule has 0 saturated carbocycles. The molecule has 8 heteroatoms. The molecular weight excluding hydrogens is 346 g/mol. The van der Waals surface area contributed by atoms with Crippen LogP contribution in [0.5, 0.6) is 5.88 Å². The van der Waals surface area contributed by atoms with E-state index >= 15 is 0 Å². The van der Waals surface area contributed by atoms with Crippen LogP contribution >= 0.6 is 0 Å². The van der Waals surface area contributed by atoms with E-state index < -0.39 is 6.04 Å². The lowest BCUT2D eigenvalue weighted by Crippen LogP contribution is -2.27. The third-order valence-electron chi connectivity index (χ3n) is 4.55. The fourth-order valence-electron chi connectivity index (χ4n) is 3.14. The van der Waals surface area contributed by atoms with Gasteiger partial charge in [0, 0.05) is 23.7 Å². The van der Waals surface area contributed by atoms with Crippen molar-refractivity contribution < 1.29 is 14.1 Å². The maximum atomic E-state index is 12.8. The Morgan fingerprint density at radius 3 is 2.85 bits per heavy atom. The van der Waals surface area contributed by atoms with E-state index in [1.165, 1.54) is 7.11 Å². The number of carbonyl (C=O) groups excluding carboxylic acids is 1. The lowest BCUT2D eigenvalue weighted by molar-refractivity contribution is 0.0928. The van der Waals surface area contributed by atoms with Crippen LogP contribution in [0.25, 0.3) is 11.4 Å². The average molecular weight is 365 g/mol. The first-order valence-electron chi connectivity index (χ1n) is 8.77. The van der Waals surface area contributed by atoms with Gasteiger partial charge in [-0.15, -0.1) is 0 Å². The van der Waals surface area contributed by atoms with Crippen molar-refractivity contribution in [3.8, 4) is 17.3 Å². The average Bonchev–Trinajstić information content (AvgIpc) is 3.36. The lowest BCUT2D eigenvalue weighted by atomic mass is 10.1. The van der Waals surface area contributed by atoms with Gasteiger partial charge in [-0.2, -0.15) is 4.98 Å². The van der Waals surface area contributed by atoms with E-state index in [1.807, 2.05) is 6.07 Å². The molecule has 27 heavy (non-hydrogen) atoms. The van der Waals surface area contributed by atoms with Crippen molar-refractivity contribution in [1.29, 1.82) is 0 Å². The third kappa shape index (κ3) is 3.38. The van der Waals surface area contributed by atoms with Crippen LogP contribution in [0.3, 0.4) is 0 Å². The Kier molecular flexibility index (Phi) is 4.53. The van der Waals surface area contributed by atoms with Gasteiger partial charge in [0.15, 0.2) is 0 Å². The second kappa shape index (κ2) is 7.14. The number of carbonyl (C=O) groups is 1. The highest BCUT2D eigenvalue weighted by atomic mass is 16.5. The van der Waals surface area contributed by atoms with Gasteiger partial charge in [-0.3, -0.25) is 9.78 Å². The largest absolute Gasteiger partial charge is 0.480 e. The molecule has 1 N–H and O–H groups in total. The number of aryl methyl sites for hydroxylation is 2. The zero-order valence-electron chi connectivity index (χ0n) is 15.1. The molecular formula is C19H19N5O3. The Morgan fingerprint density at radius 1 is 1.26 bits per heavy atom. The van der Waals surface area contributed by atoms with E-state index in [0.717, 1.165) is 36.1 Å². The van der Waals surface area contributed by atoms with Gasteiger partial charge in [0.05, 0.1) is 7.11 Å². The monoisotopic (exact) mass is 365 g/mol. The molecule has 0 aromatic carbocycles. The number of ether oxygens (including phenoxy) is 1. The number of nitrogens with one attached hydrogen (secondary N) is 1. The summed E-state index contributed by atoms with van der Waals surface area (Å²) in [5, 5.41) is 6.84. The minimum absolute atomic E-state index is 0.287. The molecule has 0 radical (unpaired) electrons. The quantitative estimate of drug-likeness (QED) is 0.741. The zero-order chi connectivity index (χ0) is 18.8. The molecule has 1 unspecified atom stereocenters. The van der Waals surface area contributed by atoms with Crippen LogP contribution in [0.4, 0.5) is 0 Å². The Hall–Kier alpha value is -3.29. The predicted octanol–water partition coefficient (Wildman–Crippen LogP) is 2.51.